The maximum Gasteiger partial charge on any atom is 0.163 e. The largest absolute Gasteiger partial charge is 0.369 e. The fraction of sp³-hybridized carbons (Fsp3) is 0.167. The Morgan fingerprint density at radius 2 is 2.11 bits per heavy atom. The predicted molar refractivity (Wildman–Crippen MR) is 84.4 cm³/mol. The lowest BCUT2D eigenvalue weighted by molar-refractivity contribution is 1.10. The maximum absolute atomic E-state index is 6.15. The number of anilines is 1. The molecule has 6 heteroatoms. The van der Waals surface area contributed by atoms with E-state index in [0.717, 1.165) is 21.5 Å². The zero-order valence-corrected chi connectivity index (χ0v) is 13.2. The van der Waals surface area contributed by atoms with E-state index in [2.05, 4.69) is 37.9 Å². The highest BCUT2D eigenvalue weighted by Gasteiger charge is 2.10. The van der Waals surface area contributed by atoms with Crippen LogP contribution in [0.25, 0.3) is 11.4 Å². The first-order valence-electron chi connectivity index (χ1n) is 5.33. The molecule has 0 aliphatic carbocycles. The van der Waals surface area contributed by atoms with Crippen LogP contribution >= 0.6 is 45.8 Å². The molecule has 0 amide bonds. The van der Waals surface area contributed by atoms with Crippen LogP contribution < -0.4 is 5.32 Å². The van der Waals surface area contributed by atoms with E-state index in [4.69, 9.17) is 23.2 Å². The van der Waals surface area contributed by atoms with Crippen molar-refractivity contribution in [3.05, 3.63) is 38.0 Å². The van der Waals surface area contributed by atoms with Crippen LogP contribution in [0.2, 0.25) is 10.0 Å². The van der Waals surface area contributed by atoms with Crippen LogP contribution in [0.3, 0.4) is 0 Å². The van der Waals surface area contributed by atoms with Gasteiger partial charge in [-0.1, -0.05) is 23.2 Å². The van der Waals surface area contributed by atoms with Crippen molar-refractivity contribution in [2.24, 2.45) is 0 Å². The quantitative estimate of drug-likeness (QED) is 0.781. The zero-order chi connectivity index (χ0) is 13.1. The smallest absolute Gasteiger partial charge is 0.163 e. The summed E-state index contributed by atoms with van der Waals surface area (Å²) in [5.74, 6) is 1.40. The van der Waals surface area contributed by atoms with Crippen LogP contribution in [0.4, 0.5) is 5.82 Å². The second-order valence-corrected chi connectivity index (χ2v) is 5.55. The molecule has 0 spiro atoms. The van der Waals surface area contributed by atoms with E-state index in [1.807, 2.05) is 13.0 Å². The molecule has 0 aliphatic heterocycles. The summed E-state index contributed by atoms with van der Waals surface area (Å²) in [7, 11) is 0. The summed E-state index contributed by atoms with van der Waals surface area (Å²) >= 11 is 14.2. The van der Waals surface area contributed by atoms with Crippen LogP contribution in [0.15, 0.2) is 24.4 Å². The van der Waals surface area contributed by atoms with Gasteiger partial charge < -0.3 is 5.32 Å². The number of hydrogen-bond acceptors (Lipinski definition) is 3. The van der Waals surface area contributed by atoms with Crippen LogP contribution in [-0.2, 0) is 0 Å². The molecular formula is C12H10Cl2IN3. The first-order valence-corrected chi connectivity index (χ1v) is 7.17. The number of nitrogens with zero attached hydrogens (tertiary/aromatic N) is 2. The van der Waals surface area contributed by atoms with Gasteiger partial charge in [-0.05, 0) is 47.7 Å². The lowest BCUT2D eigenvalue weighted by atomic mass is 10.2. The molecule has 94 valence electrons. The van der Waals surface area contributed by atoms with Crippen LogP contribution in [0.1, 0.15) is 6.92 Å². The highest BCUT2D eigenvalue weighted by Crippen LogP contribution is 2.29. The van der Waals surface area contributed by atoms with Crippen molar-refractivity contribution in [1.82, 2.24) is 9.97 Å². The van der Waals surface area contributed by atoms with Gasteiger partial charge in [-0.15, -0.1) is 0 Å². The number of aromatic nitrogens is 2. The van der Waals surface area contributed by atoms with E-state index in [1.54, 1.807) is 18.3 Å². The van der Waals surface area contributed by atoms with Crippen LogP contribution in [0, 0.1) is 3.57 Å². The van der Waals surface area contributed by atoms with Crippen molar-refractivity contribution in [2.45, 2.75) is 6.92 Å². The molecule has 1 aromatic heterocycles. The summed E-state index contributed by atoms with van der Waals surface area (Å²) in [5.41, 5.74) is 0.775. The standard InChI is InChI=1S/C12H10Cl2IN3/c1-2-16-12-10(15)6-17-11(18-12)8-4-3-7(13)5-9(8)14/h3-6H,2H2,1H3,(H,16,17,18). The molecule has 2 rings (SSSR count). The third kappa shape index (κ3) is 3.05. The molecule has 18 heavy (non-hydrogen) atoms. The molecule has 0 unspecified atom stereocenters. The minimum absolute atomic E-state index is 0.547. The first-order chi connectivity index (χ1) is 8.61. The van der Waals surface area contributed by atoms with Gasteiger partial charge in [-0.3, -0.25) is 0 Å². The van der Waals surface area contributed by atoms with Gasteiger partial charge in [0.2, 0.25) is 0 Å². The Morgan fingerprint density at radius 1 is 1.33 bits per heavy atom. The third-order valence-electron chi connectivity index (χ3n) is 2.26. The average Bonchev–Trinajstić information content (AvgIpc) is 2.33. The minimum atomic E-state index is 0.547. The Kier molecular flexibility index (Phi) is 4.64. The molecule has 0 bridgehead atoms. The first kappa shape index (κ1) is 13.8. The number of rotatable bonds is 3. The van der Waals surface area contributed by atoms with E-state index in [0.29, 0.717) is 15.9 Å². The summed E-state index contributed by atoms with van der Waals surface area (Å²) in [6.45, 7) is 2.83. The molecular weight excluding hydrogens is 384 g/mol. The van der Waals surface area contributed by atoms with E-state index < -0.39 is 0 Å². The molecule has 0 aliphatic rings. The van der Waals surface area contributed by atoms with Gasteiger partial charge in [0.05, 0.1) is 8.59 Å². The van der Waals surface area contributed by atoms with E-state index in [9.17, 15) is 0 Å². The molecule has 2 aromatic rings. The van der Waals surface area contributed by atoms with Gasteiger partial charge in [-0.25, -0.2) is 9.97 Å². The van der Waals surface area contributed by atoms with E-state index in [1.165, 1.54) is 0 Å². The summed E-state index contributed by atoms with van der Waals surface area (Å²) in [4.78, 5) is 8.76. The monoisotopic (exact) mass is 393 g/mol. The summed E-state index contributed by atoms with van der Waals surface area (Å²) in [5, 5.41) is 4.33. The Bertz CT molecular complexity index is 575. The summed E-state index contributed by atoms with van der Waals surface area (Å²) in [6.07, 6.45) is 1.77. The summed E-state index contributed by atoms with van der Waals surface area (Å²) < 4.78 is 0.975. The molecule has 0 fully saturated rings. The Balaban J connectivity index is 2.47. The molecule has 1 N–H and O–H groups in total. The van der Waals surface area contributed by atoms with Crippen molar-refractivity contribution in [2.75, 3.05) is 11.9 Å². The minimum Gasteiger partial charge on any atom is -0.369 e. The highest BCUT2D eigenvalue weighted by molar-refractivity contribution is 14.1. The zero-order valence-electron chi connectivity index (χ0n) is 9.54. The van der Waals surface area contributed by atoms with Gasteiger partial charge in [0.25, 0.3) is 0 Å². The van der Waals surface area contributed by atoms with Crippen molar-refractivity contribution >= 4 is 51.6 Å². The molecule has 1 aromatic carbocycles. The Morgan fingerprint density at radius 3 is 2.78 bits per heavy atom. The lowest BCUT2D eigenvalue weighted by Crippen LogP contribution is -2.03. The third-order valence-corrected chi connectivity index (χ3v) is 3.60. The van der Waals surface area contributed by atoms with E-state index >= 15 is 0 Å². The van der Waals surface area contributed by atoms with Gasteiger partial charge in [0.15, 0.2) is 5.82 Å². The normalized spacial score (nSPS) is 10.4. The second-order valence-electron chi connectivity index (χ2n) is 3.54. The van der Waals surface area contributed by atoms with Gasteiger partial charge in [0, 0.05) is 23.3 Å². The number of benzene rings is 1. The number of hydrogen-bond donors (Lipinski definition) is 1. The van der Waals surface area contributed by atoms with Gasteiger partial charge in [-0.2, -0.15) is 0 Å². The fourth-order valence-corrected chi connectivity index (χ4v) is 2.40. The van der Waals surface area contributed by atoms with Crippen molar-refractivity contribution in [3.63, 3.8) is 0 Å². The van der Waals surface area contributed by atoms with Crippen LogP contribution in [0.5, 0.6) is 0 Å². The Hall–Kier alpha value is -0.590. The van der Waals surface area contributed by atoms with Gasteiger partial charge in [0.1, 0.15) is 5.82 Å². The maximum atomic E-state index is 6.15. The molecule has 1 heterocycles. The number of nitrogens with one attached hydrogen (secondary N) is 1. The molecule has 0 saturated heterocycles. The van der Waals surface area contributed by atoms with E-state index in [-0.39, 0.29) is 0 Å². The van der Waals surface area contributed by atoms with Crippen molar-refractivity contribution in [3.8, 4) is 11.4 Å². The molecule has 0 radical (unpaired) electrons. The van der Waals surface area contributed by atoms with Crippen molar-refractivity contribution in [1.29, 1.82) is 0 Å². The predicted octanol–water partition coefficient (Wildman–Crippen LogP) is 4.49. The fourth-order valence-electron chi connectivity index (χ4n) is 1.46. The SMILES string of the molecule is CCNc1nc(-c2ccc(Cl)cc2Cl)ncc1I. The molecule has 0 atom stereocenters. The second kappa shape index (κ2) is 6.04. The van der Waals surface area contributed by atoms with Gasteiger partial charge >= 0.3 is 0 Å². The Labute approximate surface area is 129 Å². The lowest BCUT2D eigenvalue weighted by Gasteiger charge is -2.08. The summed E-state index contributed by atoms with van der Waals surface area (Å²) in [6, 6.07) is 5.28. The molecule has 0 saturated carbocycles. The highest BCUT2D eigenvalue weighted by atomic mass is 127. The molecule has 3 nitrogen and oxygen atoms in total. The average molecular weight is 394 g/mol. The topological polar surface area (TPSA) is 37.8 Å². The number of halogens is 3. The van der Waals surface area contributed by atoms with Crippen LogP contribution in [-0.4, -0.2) is 16.5 Å². The van der Waals surface area contributed by atoms with Crippen molar-refractivity contribution < 1.29 is 0 Å².